The van der Waals surface area contributed by atoms with Crippen molar-refractivity contribution in [1.29, 1.82) is 5.26 Å². The lowest BCUT2D eigenvalue weighted by molar-refractivity contribution is -0.116. The van der Waals surface area contributed by atoms with Crippen molar-refractivity contribution in [2.24, 2.45) is 0 Å². The number of amides is 1. The molecule has 32 heavy (non-hydrogen) atoms. The van der Waals surface area contributed by atoms with Crippen LogP contribution in [0.4, 0.5) is 5.69 Å². The zero-order valence-electron chi connectivity index (χ0n) is 18.1. The Morgan fingerprint density at radius 2 is 1.62 bits per heavy atom. The molecule has 7 heteroatoms. The highest BCUT2D eigenvalue weighted by Crippen LogP contribution is 2.20. The average Bonchev–Trinajstić information content (AvgIpc) is 2.75. The number of nitriles is 1. The van der Waals surface area contributed by atoms with Crippen molar-refractivity contribution < 1.29 is 13.2 Å². The maximum atomic E-state index is 13.4. The average molecular weight is 448 g/mol. The fourth-order valence-corrected chi connectivity index (χ4v) is 4.64. The Morgan fingerprint density at radius 3 is 2.25 bits per heavy atom. The first kappa shape index (κ1) is 23.2. The van der Waals surface area contributed by atoms with Crippen LogP contribution >= 0.6 is 0 Å². The van der Waals surface area contributed by atoms with Crippen molar-refractivity contribution in [3.05, 3.63) is 95.1 Å². The molecule has 0 aliphatic carbocycles. The number of rotatable bonds is 8. The lowest BCUT2D eigenvalue weighted by Gasteiger charge is -2.22. The minimum Gasteiger partial charge on any atom is -0.325 e. The van der Waals surface area contributed by atoms with Crippen LogP contribution in [0.5, 0.6) is 0 Å². The van der Waals surface area contributed by atoms with E-state index < -0.39 is 15.9 Å². The zero-order valence-corrected chi connectivity index (χ0v) is 18.9. The van der Waals surface area contributed by atoms with Gasteiger partial charge in [-0.15, -0.1) is 0 Å². The third-order valence-electron chi connectivity index (χ3n) is 4.94. The first-order valence-corrected chi connectivity index (χ1v) is 11.6. The normalized spacial score (nSPS) is 11.2. The van der Waals surface area contributed by atoms with Gasteiger partial charge in [0.25, 0.3) is 0 Å². The number of carbonyl (C=O) groups excluding carboxylic acids is 1. The van der Waals surface area contributed by atoms with Crippen LogP contribution in [0.15, 0.2) is 77.7 Å². The molecule has 0 radical (unpaired) electrons. The molecule has 0 aliphatic rings. The third-order valence-corrected chi connectivity index (χ3v) is 6.75. The summed E-state index contributed by atoms with van der Waals surface area (Å²) in [6.07, 6.45) is 0.285. The minimum absolute atomic E-state index is 0.0758. The Kier molecular flexibility index (Phi) is 7.41. The zero-order chi connectivity index (χ0) is 23.1. The Bertz CT molecular complexity index is 1230. The summed E-state index contributed by atoms with van der Waals surface area (Å²) in [6.45, 7) is 3.57. The van der Waals surface area contributed by atoms with Crippen LogP contribution < -0.4 is 5.32 Å². The van der Waals surface area contributed by atoms with Crippen molar-refractivity contribution in [3.8, 4) is 6.07 Å². The van der Waals surface area contributed by atoms with Crippen LogP contribution in [0.3, 0.4) is 0 Å². The van der Waals surface area contributed by atoms with Gasteiger partial charge in [0, 0.05) is 12.2 Å². The molecule has 0 atom stereocenters. The van der Waals surface area contributed by atoms with Gasteiger partial charge in [-0.1, -0.05) is 59.7 Å². The van der Waals surface area contributed by atoms with Crippen LogP contribution in [0.1, 0.15) is 22.3 Å². The van der Waals surface area contributed by atoms with E-state index in [0.29, 0.717) is 5.69 Å². The largest absolute Gasteiger partial charge is 0.325 e. The fourth-order valence-electron chi connectivity index (χ4n) is 3.26. The second-order valence-electron chi connectivity index (χ2n) is 7.66. The highest BCUT2D eigenvalue weighted by molar-refractivity contribution is 7.89. The highest BCUT2D eigenvalue weighted by atomic mass is 32.2. The molecule has 0 aromatic heterocycles. The van der Waals surface area contributed by atoms with E-state index in [1.54, 1.807) is 48.5 Å². The van der Waals surface area contributed by atoms with E-state index in [9.17, 15) is 13.2 Å². The third kappa shape index (κ3) is 6.03. The standard InChI is InChI=1S/C25H25N3O3S/c1-19-6-12-24(13-7-19)32(30,31)28(17-22-5-3-4-20(2)16-22)18-25(29)27-23-10-8-21(9-11-23)14-15-26/h3-13,16H,14,17-18H2,1-2H3,(H,27,29). The Balaban J connectivity index is 1.83. The molecule has 164 valence electrons. The van der Waals surface area contributed by atoms with Crippen LogP contribution in [-0.4, -0.2) is 25.2 Å². The number of nitrogens with zero attached hydrogens (tertiary/aromatic N) is 2. The number of carbonyl (C=O) groups is 1. The molecule has 3 rings (SSSR count). The summed E-state index contributed by atoms with van der Waals surface area (Å²) in [7, 11) is -3.89. The van der Waals surface area contributed by atoms with Crippen LogP contribution in [-0.2, 0) is 27.8 Å². The van der Waals surface area contributed by atoms with Crippen molar-refractivity contribution >= 4 is 21.6 Å². The summed E-state index contributed by atoms with van der Waals surface area (Å²) < 4.78 is 27.9. The van der Waals surface area contributed by atoms with Gasteiger partial charge in [-0.25, -0.2) is 8.42 Å². The molecule has 0 unspecified atom stereocenters. The summed E-state index contributed by atoms with van der Waals surface area (Å²) >= 11 is 0. The molecule has 0 saturated heterocycles. The van der Waals surface area contributed by atoms with Crippen molar-refractivity contribution in [3.63, 3.8) is 0 Å². The number of hydrogen-bond acceptors (Lipinski definition) is 4. The van der Waals surface area contributed by atoms with Gasteiger partial charge in [-0.3, -0.25) is 4.79 Å². The first-order chi connectivity index (χ1) is 15.3. The molecule has 3 aromatic rings. The SMILES string of the molecule is Cc1ccc(S(=O)(=O)N(CC(=O)Nc2ccc(CC#N)cc2)Cc2cccc(C)c2)cc1. The van der Waals surface area contributed by atoms with Crippen LogP contribution in [0.25, 0.3) is 0 Å². The Hall–Kier alpha value is -3.47. The second kappa shape index (κ2) is 10.2. The molecule has 3 aromatic carbocycles. The number of anilines is 1. The quantitative estimate of drug-likeness (QED) is 0.560. The maximum Gasteiger partial charge on any atom is 0.243 e. The Morgan fingerprint density at radius 1 is 0.938 bits per heavy atom. The van der Waals surface area contributed by atoms with Gasteiger partial charge in [-0.2, -0.15) is 9.57 Å². The Labute approximate surface area is 189 Å². The van der Waals surface area contributed by atoms with Gasteiger partial charge in [0.05, 0.1) is 23.9 Å². The molecule has 0 spiro atoms. The molecule has 0 fully saturated rings. The minimum atomic E-state index is -3.89. The summed E-state index contributed by atoms with van der Waals surface area (Å²) in [6, 6.07) is 23.1. The molecular weight excluding hydrogens is 422 g/mol. The highest BCUT2D eigenvalue weighted by Gasteiger charge is 2.27. The number of sulfonamides is 1. The van der Waals surface area contributed by atoms with Crippen molar-refractivity contribution in [2.75, 3.05) is 11.9 Å². The van der Waals surface area contributed by atoms with E-state index >= 15 is 0 Å². The van der Waals surface area contributed by atoms with E-state index in [-0.39, 0.29) is 24.4 Å². The van der Waals surface area contributed by atoms with E-state index in [4.69, 9.17) is 5.26 Å². The fraction of sp³-hybridized carbons (Fsp3) is 0.200. The predicted molar refractivity (Wildman–Crippen MR) is 124 cm³/mol. The van der Waals surface area contributed by atoms with Crippen LogP contribution in [0.2, 0.25) is 0 Å². The maximum absolute atomic E-state index is 13.4. The number of benzene rings is 3. The monoisotopic (exact) mass is 447 g/mol. The molecule has 0 aliphatic heterocycles. The van der Waals surface area contributed by atoms with Gasteiger partial charge in [-0.05, 0) is 49.2 Å². The second-order valence-corrected chi connectivity index (χ2v) is 9.59. The van der Waals surface area contributed by atoms with Crippen molar-refractivity contribution in [2.45, 2.75) is 31.7 Å². The summed E-state index contributed by atoms with van der Waals surface area (Å²) in [5.74, 6) is -0.443. The molecular formula is C25H25N3O3S. The van der Waals surface area contributed by atoms with E-state index in [1.807, 2.05) is 38.1 Å². The van der Waals surface area contributed by atoms with Gasteiger partial charge in [0.15, 0.2) is 0 Å². The topological polar surface area (TPSA) is 90.3 Å². The molecule has 0 heterocycles. The summed E-state index contributed by atoms with van der Waals surface area (Å²) in [4.78, 5) is 12.9. The molecule has 1 N–H and O–H groups in total. The molecule has 0 saturated carbocycles. The lowest BCUT2D eigenvalue weighted by atomic mass is 10.1. The number of hydrogen-bond donors (Lipinski definition) is 1. The molecule has 0 bridgehead atoms. The van der Waals surface area contributed by atoms with Gasteiger partial charge in [0.2, 0.25) is 15.9 Å². The van der Waals surface area contributed by atoms with Crippen molar-refractivity contribution in [1.82, 2.24) is 4.31 Å². The summed E-state index contributed by atoms with van der Waals surface area (Å²) in [5.41, 5.74) is 4.15. The summed E-state index contributed by atoms with van der Waals surface area (Å²) in [5, 5.41) is 11.5. The number of nitrogens with one attached hydrogen (secondary N) is 1. The smallest absolute Gasteiger partial charge is 0.243 e. The molecule has 6 nitrogen and oxygen atoms in total. The molecule has 1 amide bonds. The van der Waals surface area contributed by atoms with Gasteiger partial charge in [0.1, 0.15) is 0 Å². The van der Waals surface area contributed by atoms with E-state index in [2.05, 4.69) is 11.4 Å². The van der Waals surface area contributed by atoms with E-state index in [0.717, 1.165) is 22.3 Å². The van der Waals surface area contributed by atoms with Gasteiger partial charge >= 0.3 is 0 Å². The van der Waals surface area contributed by atoms with E-state index in [1.165, 1.54) is 4.31 Å². The lowest BCUT2D eigenvalue weighted by Crippen LogP contribution is -2.37. The van der Waals surface area contributed by atoms with Gasteiger partial charge < -0.3 is 5.32 Å². The first-order valence-electron chi connectivity index (χ1n) is 10.2. The van der Waals surface area contributed by atoms with Crippen LogP contribution in [0, 0.1) is 25.2 Å². The number of aryl methyl sites for hydroxylation is 2. The predicted octanol–water partition coefficient (Wildman–Crippen LogP) is 4.20.